The summed E-state index contributed by atoms with van der Waals surface area (Å²) in [6, 6.07) is 6.42. The largest absolute Gasteiger partial charge is 0.373 e. The number of aromatic nitrogens is 1. The van der Waals surface area contributed by atoms with E-state index >= 15 is 0 Å². The number of likely N-dealkylation sites (tertiary alicyclic amines) is 1. The Labute approximate surface area is 152 Å². The highest BCUT2D eigenvalue weighted by Crippen LogP contribution is 2.24. The molecule has 3 heterocycles. The van der Waals surface area contributed by atoms with Crippen LogP contribution in [0.25, 0.3) is 10.2 Å². The average Bonchev–Trinajstić information content (AvgIpc) is 3.08. The number of nitrogens with zero attached hydrogens (tertiary/aromatic N) is 3. The van der Waals surface area contributed by atoms with Crippen LogP contribution in [0.4, 0.5) is 0 Å². The number of carbonyl (C=O) groups excluding carboxylic acids is 1. The van der Waals surface area contributed by atoms with Crippen molar-refractivity contribution in [1.82, 2.24) is 14.8 Å². The first-order valence-electron chi connectivity index (χ1n) is 9.12. The van der Waals surface area contributed by atoms with E-state index in [0.29, 0.717) is 18.2 Å². The highest BCUT2D eigenvalue weighted by molar-refractivity contribution is 7.16. The topological polar surface area (TPSA) is 45.7 Å². The number of hydrogen-bond donors (Lipinski definition) is 0. The molecule has 0 saturated carbocycles. The second-order valence-electron chi connectivity index (χ2n) is 7.27. The Hall–Kier alpha value is -1.50. The number of benzene rings is 1. The van der Waals surface area contributed by atoms with Crippen molar-refractivity contribution < 1.29 is 9.53 Å². The van der Waals surface area contributed by atoms with Gasteiger partial charge in [0.05, 0.1) is 27.9 Å². The second kappa shape index (κ2) is 7.02. The van der Waals surface area contributed by atoms with E-state index in [-0.39, 0.29) is 5.91 Å². The number of rotatable bonds is 2. The zero-order chi connectivity index (χ0) is 17.4. The predicted octanol–water partition coefficient (Wildman–Crippen LogP) is 3.01. The quantitative estimate of drug-likeness (QED) is 0.827. The van der Waals surface area contributed by atoms with E-state index in [2.05, 4.69) is 23.7 Å². The van der Waals surface area contributed by atoms with Gasteiger partial charge in [0.25, 0.3) is 5.91 Å². The van der Waals surface area contributed by atoms with Gasteiger partial charge in [-0.2, -0.15) is 0 Å². The molecule has 2 saturated heterocycles. The molecule has 0 bridgehead atoms. The van der Waals surface area contributed by atoms with E-state index in [9.17, 15) is 4.79 Å². The van der Waals surface area contributed by atoms with Gasteiger partial charge in [-0.05, 0) is 44.9 Å². The van der Waals surface area contributed by atoms with Crippen molar-refractivity contribution in [3.8, 4) is 0 Å². The molecule has 0 spiro atoms. The van der Waals surface area contributed by atoms with Gasteiger partial charge in [-0.15, -0.1) is 11.3 Å². The van der Waals surface area contributed by atoms with Crippen LogP contribution in [0.15, 0.2) is 23.7 Å². The summed E-state index contributed by atoms with van der Waals surface area (Å²) >= 11 is 1.61. The van der Waals surface area contributed by atoms with Crippen LogP contribution in [0.5, 0.6) is 0 Å². The molecule has 2 aliphatic heterocycles. The van der Waals surface area contributed by atoms with Gasteiger partial charge in [0.1, 0.15) is 0 Å². The molecule has 1 aromatic carbocycles. The molecule has 0 N–H and O–H groups in total. The molecule has 134 valence electrons. The third-order valence-corrected chi connectivity index (χ3v) is 6.10. The second-order valence-corrected chi connectivity index (χ2v) is 8.16. The van der Waals surface area contributed by atoms with E-state index in [4.69, 9.17) is 4.74 Å². The molecule has 2 aromatic rings. The van der Waals surface area contributed by atoms with Crippen LogP contribution in [0.1, 0.15) is 37.0 Å². The van der Waals surface area contributed by atoms with Crippen LogP contribution in [0, 0.1) is 0 Å². The van der Waals surface area contributed by atoms with Gasteiger partial charge < -0.3 is 9.64 Å². The molecule has 5 nitrogen and oxygen atoms in total. The van der Waals surface area contributed by atoms with Gasteiger partial charge in [0, 0.05) is 37.8 Å². The minimum atomic E-state index is 0.136. The van der Waals surface area contributed by atoms with Gasteiger partial charge in [-0.1, -0.05) is 0 Å². The fraction of sp³-hybridized carbons (Fsp3) is 0.579. The van der Waals surface area contributed by atoms with Gasteiger partial charge in [-0.3, -0.25) is 9.69 Å². The lowest BCUT2D eigenvalue weighted by atomic mass is 10.0. The third-order valence-electron chi connectivity index (χ3n) is 5.29. The molecule has 1 aromatic heterocycles. The highest BCUT2D eigenvalue weighted by Gasteiger charge is 2.31. The van der Waals surface area contributed by atoms with E-state index < -0.39 is 0 Å². The molecule has 4 rings (SSSR count). The lowest BCUT2D eigenvalue weighted by Crippen LogP contribution is -2.53. The van der Waals surface area contributed by atoms with E-state index in [1.54, 1.807) is 11.3 Å². The summed E-state index contributed by atoms with van der Waals surface area (Å²) in [5.41, 5.74) is 3.50. The summed E-state index contributed by atoms with van der Waals surface area (Å²) in [5.74, 6) is 0.136. The number of fused-ring (bicyclic) bond motifs is 1. The summed E-state index contributed by atoms with van der Waals surface area (Å²) < 4.78 is 6.97. The molecule has 0 aliphatic carbocycles. The fourth-order valence-electron chi connectivity index (χ4n) is 4.12. The Bertz CT molecular complexity index is 744. The SMILES string of the molecule is C[C@@H]1CN(C2CCN(C(=O)c3ccc4scnc4c3)CC2)C[C@H](C)O1. The lowest BCUT2D eigenvalue weighted by molar-refractivity contribution is -0.0856. The lowest BCUT2D eigenvalue weighted by Gasteiger charge is -2.43. The van der Waals surface area contributed by atoms with Crippen molar-refractivity contribution in [3.63, 3.8) is 0 Å². The smallest absolute Gasteiger partial charge is 0.253 e. The highest BCUT2D eigenvalue weighted by atomic mass is 32.1. The van der Waals surface area contributed by atoms with Crippen LogP contribution in [-0.4, -0.2) is 65.1 Å². The predicted molar refractivity (Wildman–Crippen MR) is 100 cm³/mol. The monoisotopic (exact) mass is 359 g/mol. The van der Waals surface area contributed by atoms with Crippen LogP contribution in [0.2, 0.25) is 0 Å². The number of thiazole rings is 1. The maximum atomic E-state index is 12.8. The van der Waals surface area contributed by atoms with Crippen LogP contribution in [0.3, 0.4) is 0 Å². The van der Waals surface area contributed by atoms with Crippen molar-refractivity contribution in [1.29, 1.82) is 0 Å². The van der Waals surface area contributed by atoms with Crippen molar-refractivity contribution >= 4 is 27.5 Å². The van der Waals surface area contributed by atoms with Gasteiger partial charge in [-0.25, -0.2) is 4.98 Å². The minimum absolute atomic E-state index is 0.136. The fourth-order valence-corrected chi connectivity index (χ4v) is 4.78. The number of morpholine rings is 1. The zero-order valence-corrected chi connectivity index (χ0v) is 15.7. The van der Waals surface area contributed by atoms with E-state index in [1.165, 1.54) is 0 Å². The molecule has 2 aliphatic rings. The van der Waals surface area contributed by atoms with E-state index in [0.717, 1.165) is 54.8 Å². The van der Waals surface area contributed by atoms with Gasteiger partial charge >= 0.3 is 0 Å². The zero-order valence-electron chi connectivity index (χ0n) is 14.9. The summed E-state index contributed by atoms with van der Waals surface area (Å²) in [5, 5.41) is 0. The Kier molecular flexibility index (Phi) is 4.75. The van der Waals surface area contributed by atoms with Crippen molar-refractivity contribution in [3.05, 3.63) is 29.3 Å². The summed E-state index contributed by atoms with van der Waals surface area (Å²) in [6.07, 6.45) is 2.69. The molecule has 1 amide bonds. The molecular formula is C19H25N3O2S. The molecular weight excluding hydrogens is 334 g/mol. The normalized spacial score (nSPS) is 26.2. The number of piperidine rings is 1. The molecule has 0 unspecified atom stereocenters. The number of amides is 1. The van der Waals surface area contributed by atoms with Crippen molar-refractivity contribution in [2.45, 2.75) is 44.9 Å². The Morgan fingerprint density at radius 2 is 1.92 bits per heavy atom. The first-order valence-corrected chi connectivity index (χ1v) is 10.00. The van der Waals surface area contributed by atoms with Crippen molar-refractivity contribution in [2.24, 2.45) is 0 Å². The number of ether oxygens (including phenoxy) is 1. The molecule has 6 heteroatoms. The Morgan fingerprint density at radius 3 is 2.64 bits per heavy atom. The molecule has 2 atom stereocenters. The van der Waals surface area contributed by atoms with Crippen LogP contribution in [-0.2, 0) is 4.74 Å². The minimum Gasteiger partial charge on any atom is -0.373 e. The molecule has 2 fully saturated rings. The maximum Gasteiger partial charge on any atom is 0.253 e. The molecule has 0 radical (unpaired) electrons. The summed E-state index contributed by atoms with van der Waals surface area (Å²) in [6.45, 7) is 7.97. The average molecular weight is 359 g/mol. The first kappa shape index (κ1) is 16.9. The Balaban J connectivity index is 1.38. The third kappa shape index (κ3) is 3.57. The number of hydrogen-bond acceptors (Lipinski definition) is 5. The molecule has 25 heavy (non-hydrogen) atoms. The van der Waals surface area contributed by atoms with Gasteiger partial charge in [0.15, 0.2) is 0 Å². The first-order chi connectivity index (χ1) is 12.1. The van der Waals surface area contributed by atoms with Crippen LogP contribution >= 0.6 is 11.3 Å². The standard InChI is InChI=1S/C19H25N3O2S/c1-13-10-22(11-14(2)24-13)16-5-7-21(8-6-16)19(23)15-3-4-18-17(9-15)20-12-25-18/h3-4,9,12-14,16H,5-8,10-11H2,1-2H3/t13-,14+. The summed E-state index contributed by atoms with van der Waals surface area (Å²) in [7, 11) is 0. The van der Waals surface area contributed by atoms with Gasteiger partial charge in [0.2, 0.25) is 0 Å². The van der Waals surface area contributed by atoms with Crippen LogP contribution < -0.4 is 0 Å². The van der Waals surface area contributed by atoms with E-state index in [1.807, 2.05) is 28.6 Å². The Morgan fingerprint density at radius 1 is 1.20 bits per heavy atom. The number of carbonyl (C=O) groups is 1. The van der Waals surface area contributed by atoms with Crippen molar-refractivity contribution in [2.75, 3.05) is 26.2 Å². The maximum absolute atomic E-state index is 12.8. The summed E-state index contributed by atoms with van der Waals surface area (Å²) in [4.78, 5) is 21.7.